The van der Waals surface area contributed by atoms with Crippen LogP contribution in [0.2, 0.25) is 0 Å². The number of amides is 1. The molecule has 3 aromatic carbocycles. The molecule has 3 rings (SSSR count). The van der Waals surface area contributed by atoms with E-state index in [1.165, 1.54) is 6.26 Å². The van der Waals surface area contributed by atoms with Crippen molar-refractivity contribution in [2.24, 2.45) is 0 Å². The second kappa shape index (κ2) is 7.40. The summed E-state index contributed by atoms with van der Waals surface area (Å²) in [5.74, 6) is -0.620. The van der Waals surface area contributed by atoms with Gasteiger partial charge in [-0.1, -0.05) is 48.5 Å². The van der Waals surface area contributed by atoms with Gasteiger partial charge in [0.25, 0.3) is 5.91 Å². The number of carbonyl (C=O) groups is 2. The average Bonchev–Trinajstić information content (AvgIpc) is 2.62. The zero-order valence-electron chi connectivity index (χ0n) is 13.7. The molecule has 0 spiro atoms. The van der Waals surface area contributed by atoms with Crippen LogP contribution in [0.15, 0.2) is 66.7 Å². The first-order chi connectivity index (χ1) is 12.1. The summed E-state index contributed by atoms with van der Waals surface area (Å²) in [5, 5.41) is 4.56. The third-order valence-electron chi connectivity index (χ3n) is 3.84. The molecule has 1 atom stereocenters. The lowest BCUT2D eigenvalue weighted by Crippen LogP contribution is -2.17. The molecule has 0 aromatic heterocycles. The van der Waals surface area contributed by atoms with Crippen LogP contribution in [-0.2, 0) is 10.8 Å². The Morgan fingerprint density at radius 3 is 2.32 bits per heavy atom. The Labute approximate surface area is 148 Å². The summed E-state index contributed by atoms with van der Waals surface area (Å²) >= 11 is 0. The third kappa shape index (κ3) is 3.83. The van der Waals surface area contributed by atoms with Crippen LogP contribution in [0.25, 0.3) is 10.8 Å². The molecule has 0 bridgehead atoms. The molecule has 0 heterocycles. The number of hydrogen-bond donors (Lipinski definition) is 1. The minimum atomic E-state index is -1.25. The van der Waals surface area contributed by atoms with Crippen molar-refractivity contribution in [3.8, 4) is 0 Å². The second-order valence-corrected chi connectivity index (χ2v) is 7.11. The van der Waals surface area contributed by atoms with Crippen LogP contribution in [0.3, 0.4) is 0 Å². The van der Waals surface area contributed by atoms with Gasteiger partial charge in [-0.05, 0) is 23.6 Å². The monoisotopic (exact) mass is 351 g/mol. The van der Waals surface area contributed by atoms with E-state index in [2.05, 4.69) is 5.32 Å². The number of ketones is 1. The summed E-state index contributed by atoms with van der Waals surface area (Å²) in [5.41, 5.74) is 1.34. The number of Topliss-reactive ketones (excluding diaryl/α,β-unsaturated/α-hetero) is 1. The van der Waals surface area contributed by atoms with Crippen LogP contribution in [0, 0.1) is 0 Å². The first-order valence-electron chi connectivity index (χ1n) is 7.77. The van der Waals surface area contributed by atoms with Crippen LogP contribution in [0.5, 0.6) is 0 Å². The summed E-state index contributed by atoms with van der Waals surface area (Å²) in [6.45, 7) is 0. The quantitative estimate of drug-likeness (QED) is 0.714. The lowest BCUT2D eigenvalue weighted by atomic mass is 10.0. The van der Waals surface area contributed by atoms with Crippen LogP contribution in [-0.4, -0.2) is 27.9 Å². The van der Waals surface area contributed by atoms with E-state index < -0.39 is 10.8 Å². The summed E-state index contributed by atoms with van der Waals surface area (Å²) in [6.07, 6.45) is 1.49. The molecule has 0 fully saturated rings. The van der Waals surface area contributed by atoms with E-state index in [0.29, 0.717) is 16.8 Å². The van der Waals surface area contributed by atoms with Crippen molar-refractivity contribution < 1.29 is 13.8 Å². The van der Waals surface area contributed by atoms with Crippen molar-refractivity contribution in [3.05, 3.63) is 77.9 Å². The second-order valence-electron chi connectivity index (χ2n) is 5.67. The van der Waals surface area contributed by atoms with Gasteiger partial charge < -0.3 is 5.32 Å². The number of benzene rings is 3. The molecule has 1 unspecified atom stereocenters. The van der Waals surface area contributed by atoms with Gasteiger partial charge in [0.2, 0.25) is 0 Å². The Balaban J connectivity index is 2.08. The first kappa shape index (κ1) is 17.0. The van der Waals surface area contributed by atoms with Crippen LogP contribution in [0.1, 0.15) is 20.7 Å². The smallest absolute Gasteiger partial charge is 0.255 e. The maximum absolute atomic E-state index is 12.6. The molecule has 0 aliphatic heterocycles. The van der Waals surface area contributed by atoms with E-state index >= 15 is 0 Å². The largest absolute Gasteiger partial charge is 0.321 e. The fraction of sp³-hybridized carbons (Fsp3) is 0.100. The van der Waals surface area contributed by atoms with E-state index in [1.54, 1.807) is 30.3 Å². The van der Waals surface area contributed by atoms with Crippen molar-refractivity contribution >= 4 is 38.9 Å². The lowest BCUT2D eigenvalue weighted by molar-refractivity contribution is 0.102. The molecular weight excluding hydrogens is 334 g/mol. The Hall–Kier alpha value is -2.79. The molecule has 0 saturated carbocycles. The minimum absolute atomic E-state index is 0.0768. The first-order valence-corrected chi connectivity index (χ1v) is 9.50. The van der Waals surface area contributed by atoms with Crippen molar-refractivity contribution in [1.82, 2.24) is 0 Å². The highest BCUT2D eigenvalue weighted by molar-refractivity contribution is 7.85. The molecule has 25 heavy (non-hydrogen) atoms. The lowest BCUT2D eigenvalue weighted by Gasteiger charge is -2.14. The molecule has 0 aliphatic carbocycles. The number of anilines is 1. The number of rotatable bonds is 5. The fourth-order valence-electron chi connectivity index (χ4n) is 2.68. The zero-order chi connectivity index (χ0) is 17.8. The van der Waals surface area contributed by atoms with Gasteiger partial charge in [-0.3, -0.25) is 13.8 Å². The van der Waals surface area contributed by atoms with Crippen LogP contribution in [0.4, 0.5) is 5.69 Å². The highest BCUT2D eigenvalue weighted by atomic mass is 32.2. The van der Waals surface area contributed by atoms with E-state index in [0.717, 1.165) is 10.8 Å². The Kier molecular flexibility index (Phi) is 5.05. The topological polar surface area (TPSA) is 63.2 Å². The molecule has 4 nitrogen and oxygen atoms in total. The fourth-order valence-corrected chi connectivity index (χ4v) is 3.20. The standard InChI is InChI=1S/C20H17NO3S/c1-25(24)13-18(22)17-12-11-14-7-5-6-10-16(14)19(17)21-20(23)15-8-3-2-4-9-15/h2-12H,13H2,1H3,(H,21,23). The maximum Gasteiger partial charge on any atom is 0.255 e. The summed E-state index contributed by atoms with van der Waals surface area (Å²) in [7, 11) is -1.25. The average molecular weight is 351 g/mol. The van der Waals surface area contributed by atoms with Gasteiger partial charge in [0, 0.05) is 33.6 Å². The third-order valence-corrected chi connectivity index (χ3v) is 4.51. The van der Waals surface area contributed by atoms with Gasteiger partial charge in [0.1, 0.15) is 0 Å². The van der Waals surface area contributed by atoms with Gasteiger partial charge in [0.15, 0.2) is 5.78 Å². The minimum Gasteiger partial charge on any atom is -0.321 e. The molecule has 5 heteroatoms. The predicted molar refractivity (Wildman–Crippen MR) is 102 cm³/mol. The molecule has 1 amide bonds. The van der Waals surface area contributed by atoms with Gasteiger partial charge in [-0.2, -0.15) is 0 Å². The van der Waals surface area contributed by atoms with E-state index in [1.807, 2.05) is 36.4 Å². The van der Waals surface area contributed by atoms with Crippen molar-refractivity contribution in [2.75, 3.05) is 17.3 Å². The van der Waals surface area contributed by atoms with Gasteiger partial charge in [-0.15, -0.1) is 0 Å². The Bertz CT molecular complexity index is 967. The Morgan fingerprint density at radius 2 is 1.60 bits per heavy atom. The highest BCUT2D eigenvalue weighted by Gasteiger charge is 2.18. The molecule has 0 radical (unpaired) electrons. The normalized spacial score (nSPS) is 11.9. The van der Waals surface area contributed by atoms with Crippen LogP contribution < -0.4 is 5.32 Å². The zero-order valence-corrected chi connectivity index (χ0v) is 14.5. The molecular formula is C20H17NO3S. The number of fused-ring (bicyclic) bond motifs is 1. The molecule has 3 aromatic rings. The van der Waals surface area contributed by atoms with Gasteiger partial charge in [0.05, 0.1) is 11.4 Å². The highest BCUT2D eigenvalue weighted by Crippen LogP contribution is 2.28. The van der Waals surface area contributed by atoms with E-state index in [9.17, 15) is 13.8 Å². The summed E-state index contributed by atoms with van der Waals surface area (Å²) in [6, 6.07) is 19.9. The molecule has 1 N–H and O–H groups in total. The van der Waals surface area contributed by atoms with Crippen molar-refractivity contribution in [3.63, 3.8) is 0 Å². The Morgan fingerprint density at radius 1 is 0.920 bits per heavy atom. The van der Waals surface area contributed by atoms with E-state index in [-0.39, 0.29) is 17.4 Å². The van der Waals surface area contributed by atoms with Gasteiger partial charge >= 0.3 is 0 Å². The molecule has 0 aliphatic rings. The number of nitrogens with one attached hydrogen (secondary N) is 1. The molecule has 126 valence electrons. The van der Waals surface area contributed by atoms with Crippen LogP contribution >= 0.6 is 0 Å². The SMILES string of the molecule is CS(=O)CC(=O)c1ccc2ccccc2c1NC(=O)c1ccccc1. The van der Waals surface area contributed by atoms with Crippen molar-refractivity contribution in [2.45, 2.75) is 0 Å². The molecule has 0 saturated heterocycles. The number of hydrogen-bond acceptors (Lipinski definition) is 3. The predicted octanol–water partition coefficient (Wildman–Crippen LogP) is 3.65. The van der Waals surface area contributed by atoms with Crippen molar-refractivity contribution in [1.29, 1.82) is 0 Å². The maximum atomic E-state index is 12.6. The summed E-state index contributed by atoms with van der Waals surface area (Å²) in [4.78, 5) is 25.1. The van der Waals surface area contributed by atoms with E-state index in [4.69, 9.17) is 0 Å². The van der Waals surface area contributed by atoms with Gasteiger partial charge in [-0.25, -0.2) is 0 Å². The summed E-state index contributed by atoms with van der Waals surface area (Å²) < 4.78 is 11.4. The number of carbonyl (C=O) groups excluding carboxylic acids is 2.